The minimum Gasteiger partial charge on any atom is -0.748 e. The maximum atomic E-state index is 10.2. The minimum absolute atomic E-state index is 0. The van der Waals surface area contributed by atoms with Crippen molar-refractivity contribution in [2.45, 2.75) is 90.9 Å². The van der Waals surface area contributed by atoms with Crippen molar-refractivity contribution in [3.63, 3.8) is 0 Å². The van der Waals surface area contributed by atoms with Crippen LogP contribution in [0.2, 0.25) is 0 Å². The average molecular weight is 446 g/mol. The van der Waals surface area contributed by atoms with Crippen molar-refractivity contribution in [1.82, 2.24) is 0 Å². The molecule has 0 heterocycles. The summed E-state index contributed by atoms with van der Waals surface area (Å²) < 4.78 is 61.0. The summed E-state index contributed by atoms with van der Waals surface area (Å²) in [5, 5.41) is 0. The first-order chi connectivity index (χ1) is 11.1. The van der Waals surface area contributed by atoms with Gasteiger partial charge in [-0.05, 0) is 12.8 Å². The van der Waals surface area contributed by atoms with Gasteiger partial charge in [0, 0.05) is 11.5 Å². The van der Waals surface area contributed by atoms with Crippen molar-refractivity contribution in [1.29, 1.82) is 0 Å². The van der Waals surface area contributed by atoms with E-state index in [4.69, 9.17) is 0 Å². The van der Waals surface area contributed by atoms with E-state index in [1.54, 1.807) is 0 Å². The molecule has 0 aromatic rings. The van der Waals surface area contributed by atoms with E-state index in [9.17, 15) is 25.9 Å². The largest absolute Gasteiger partial charge is 2.00 e. The Bertz CT molecular complexity index is 419. The number of hydrogen-bond acceptors (Lipinski definition) is 6. The molecular weight excluding hydrogens is 411 g/mol. The van der Waals surface area contributed by atoms with Gasteiger partial charge in [-0.2, -0.15) is 0 Å². The zero-order valence-electron chi connectivity index (χ0n) is 15.5. The van der Waals surface area contributed by atoms with Gasteiger partial charge in [0.15, 0.2) is 0 Å². The molecule has 1 radical (unpaired) electrons. The summed E-state index contributed by atoms with van der Waals surface area (Å²) in [4.78, 5) is 0. The Labute approximate surface area is 165 Å². The molecule has 0 atom stereocenters. The van der Waals surface area contributed by atoms with Crippen LogP contribution in [0, 0.1) is 0 Å². The second-order valence-electron chi connectivity index (χ2n) is 6.06. The fourth-order valence-electron chi connectivity index (χ4n) is 2.12. The summed E-state index contributed by atoms with van der Waals surface area (Å²) in [5.74, 6) is -0.391. The van der Waals surface area contributed by atoms with E-state index >= 15 is 0 Å². The van der Waals surface area contributed by atoms with Crippen molar-refractivity contribution in [3.05, 3.63) is 0 Å². The van der Waals surface area contributed by atoms with E-state index < -0.39 is 20.2 Å². The van der Waals surface area contributed by atoms with Crippen LogP contribution < -0.4 is 0 Å². The molecule has 0 saturated heterocycles. The summed E-state index contributed by atoms with van der Waals surface area (Å²) in [6, 6.07) is 0. The molecule has 0 fully saturated rings. The summed E-state index contributed by atoms with van der Waals surface area (Å²) in [5.41, 5.74) is 0. The molecule has 0 aromatic carbocycles. The van der Waals surface area contributed by atoms with Crippen LogP contribution in [0.15, 0.2) is 0 Å². The fraction of sp³-hybridized carbons (Fsp3) is 1.00. The quantitative estimate of drug-likeness (QED) is 0.297. The predicted octanol–water partition coefficient (Wildman–Crippen LogP) is 3.78. The van der Waals surface area contributed by atoms with Gasteiger partial charge in [-0.15, -0.1) is 0 Å². The smallest absolute Gasteiger partial charge is 0.748 e. The molecule has 6 nitrogen and oxygen atoms in total. The van der Waals surface area contributed by atoms with Gasteiger partial charge in [0.2, 0.25) is 0 Å². The standard InChI is InChI=1S/2C8H18O3S.Co/c2*1-2-3-4-5-6-7-8-12(9,10)11;/h2*2-8H2,1H3,(H,9,10,11);/q;;+2/p-2. The van der Waals surface area contributed by atoms with Crippen LogP contribution in [0.25, 0.3) is 0 Å². The minimum atomic E-state index is -3.97. The summed E-state index contributed by atoms with van der Waals surface area (Å²) >= 11 is 0. The van der Waals surface area contributed by atoms with Crippen molar-refractivity contribution < 1.29 is 42.7 Å². The third-order valence-electron chi connectivity index (χ3n) is 3.50. The molecule has 0 aliphatic carbocycles. The molecule has 0 amide bonds. The van der Waals surface area contributed by atoms with E-state index in [-0.39, 0.29) is 28.3 Å². The first kappa shape index (κ1) is 30.1. The van der Waals surface area contributed by atoms with E-state index in [0.717, 1.165) is 38.5 Å². The van der Waals surface area contributed by atoms with Crippen molar-refractivity contribution in [2.24, 2.45) is 0 Å². The second-order valence-corrected chi connectivity index (χ2v) is 9.11. The maximum Gasteiger partial charge on any atom is 2.00 e. The molecule has 0 rings (SSSR count). The Morgan fingerprint density at radius 2 is 0.760 bits per heavy atom. The zero-order chi connectivity index (χ0) is 18.9. The molecule has 9 heteroatoms. The van der Waals surface area contributed by atoms with E-state index in [1.165, 1.54) is 25.7 Å². The van der Waals surface area contributed by atoms with E-state index in [0.29, 0.717) is 12.8 Å². The van der Waals surface area contributed by atoms with E-state index in [1.807, 2.05) is 0 Å². The van der Waals surface area contributed by atoms with Gasteiger partial charge >= 0.3 is 16.8 Å². The first-order valence-corrected chi connectivity index (χ1v) is 12.1. The molecule has 0 aromatic heterocycles. The molecule has 0 aliphatic rings. The average Bonchev–Trinajstić information content (AvgIpc) is 2.45. The van der Waals surface area contributed by atoms with E-state index in [2.05, 4.69) is 13.8 Å². The Hall–Kier alpha value is 0.326. The topological polar surface area (TPSA) is 114 Å². The van der Waals surface area contributed by atoms with Gasteiger partial charge in [0.25, 0.3) is 0 Å². The van der Waals surface area contributed by atoms with Crippen LogP contribution in [0.4, 0.5) is 0 Å². The van der Waals surface area contributed by atoms with Crippen LogP contribution in [0.3, 0.4) is 0 Å². The van der Waals surface area contributed by atoms with Crippen LogP contribution in [-0.2, 0) is 37.0 Å². The zero-order valence-corrected chi connectivity index (χ0v) is 18.2. The fourth-order valence-corrected chi connectivity index (χ4v) is 3.23. The summed E-state index contributed by atoms with van der Waals surface area (Å²) in [6.45, 7) is 4.25. The number of hydrogen-bond donors (Lipinski definition) is 0. The number of unbranched alkanes of at least 4 members (excludes halogenated alkanes) is 10. The van der Waals surface area contributed by atoms with Crippen molar-refractivity contribution in [2.75, 3.05) is 11.5 Å². The molecule has 155 valence electrons. The van der Waals surface area contributed by atoms with Gasteiger partial charge in [-0.25, -0.2) is 16.8 Å². The Balaban J connectivity index is -0.000000372. The molecule has 0 saturated carbocycles. The van der Waals surface area contributed by atoms with Gasteiger partial charge in [0.1, 0.15) is 0 Å². The first-order valence-electron chi connectivity index (χ1n) is 8.99. The third-order valence-corrected chi connectivity index (χ3v) is 5.07. The van der Waals surface area contributed by atoms with Crippen LogP contribution in [-0.4, -0.2) is 37.4 Å². The summed E-state index contributed by atoms with van der Waals surface area (Å²) in [7, 11) is -7.93. The second kappa shape index (κ2) is 19.1. The van der Waals surface area contributed by atoms with Crippen molar-refractivity contribution in [3.8, 4) is 0 Å². The van der Waals surface area contributed by atoms with Crippen LogP contribution in [0.1, 0.15) is 90.9 Å². The van der Waals surface area contributed by atoms with Gasteiger partial charge in [-0.1, -0.05) is 78.1 Å². The van der Waals surface area contributed by atoms with Gasteiger partial charge in [0.05, 0.1) is 20.2 Å². The molecule has 0 spiro atoms. The molecule has 0 N–H and O–H groups in total. The Morgan fingerprint density at radius 1 is 0.520 bits per heavy atom. The predicted molar refractivity (Wildman–Crippen MR) is 95.9 cm³/mol. The van der Waals surface area contributed by atoms with Crippen molar-refractivity contribution >= 4 is 20.2 Å². The number of rotatable bonds is 14. The maximum absolute atomic E-state index is 10.2. The Morgan fingerprint density at radius 3 is 1.00 bits per heavy atom. The molecule has 25 heavy (non-hydrogen) atoms. The molecular formula is C16H34CoO6S2. The molecule has 0 aliphatic heterocycles. The van der Waals surface area contributed by atoms with Gasteiger partial charge in [-0.3, -0.25) is 0 Å². The Kier molecular flexibility index (Phi) is 23.0. The molecule has 0 unspecified atom stereocenters. The normalized spacial score (nSPS) is 11.4. The summed E-state index contributed by atoms with van der Waals surface area (Å²) in [6.07, 6.45) is 11.9. The van der Waals surface area contributed by atoms with Crippen LogP contribution >= 0.6 is 0 Å². The third kappa shape index (κ3) is 36.1. The van der Waals surface area contributed by atoms with Crippen LogP contribution in [0.5, 0.6) is 0 Å². The SMILES string of the molecule is CCCCCCCCS(=O)(=O)[O-].CCCCCCCCS(=O)(=O)[O-].[Co+2]. The molecule has 0 bridgehead atoms. The van der Waals surface area contributed by atoms with Gasteiger partial charge < -0.3 is 9.11 Å². The monoisotopic (exact) mass is 445 g/mol.